The number of benzene rings is 1. The summed E-state index contributed by atoms with van der Waals surface area (Å²) in [6, 6.07) is 5.92. The van der Waals surface area contributed by atoms with Crippen molar-refractivity contribution in [3.8, 4) is 5.75 Å². The minimum absolute atomic E-state index is 0.0186. The van der Waals surface area contributed by atoms with E-state index in [-0.39, 0.29) is 17.7 Å². The molecule has 4 heteroatoms. The van der Waals surface area contributed by atoms with Crippen LogP contribution in [0.1, 0.15) is 45.2 Å². The average Bonchev–Trinajstić information content (AvgIpc) is 2.66. The lowest BCUT2D eigenvalue weighted by Crippen LogP contribution is -2.24. The van der Waals surface area contributed by atoms with Gasteiger partial charge in [0.1, 0.15) is 12.4 Å². The van der Waals surface area contributed by atoms with E-state index in [0.717, 1.165) is 28.6 Å². The Morgan fingerprint density at radius 1 is 1.53 bits per heavy atom. The molecule has 0 saturated carbocycles. The molecule has 106 valence electrons. The van der Waals surface area contributed by atoms with Crippen molar-refractivity contribution in [2.24, 2.45) is 5.73 Å². The lowest BCUT2D eigenvalue weighted by Gasteiger charge is -2.20. The van der Waals surface area contributed by atoms with E-state index in [2.05, 4.69) is 29.8 Å². The zero-order valence-electron chi connectivity index (χ0n) is 11.8. The Hall–Kier alpha value is -0.580. The molecule has 2 atom stereocenters. The quantitative estimate of drug-likeness (QED) is 0.914. The topological polar surface area (TPSA) is 44.5 Å². The summed E-state index contributed by atoms with van der Waals surface area (Å²) < 4.78 is 12.9. The van der Waals surface area contributed by atoms with E-state index in [1.807, 2.05) is 25.1 Å². The standard InChI is InChI=1S/C15H22BrNO2/c1-10(17)13-5-4-11(16)8-14(13)18-9-12-6-7-15(2,3)19-12/h4-5,8,10,12H,6-7,9,17H2,1-3H3. The van der Waals surface area contributed by atoms with Crippen LogP contribution >= 0.6 is 15.9 Å². The van der Waals surface area contributed by atoms with Gasteiger partial charge in [-0.25, -0.2) is 0 Å². The third kappa shape index (κ3) is 3.94. The molecule has 2 rings (SSSR count). The highest BCUT2D eigenvalue weighted by Gasteiger charge is 2.32. The Morgan fingerprint density at radius 2 is 2.26 bits per heavy atom. The van der Waals surface area contributed by atoms with Crippen molar-refractivity contribution in [3.63, 3.8) is 0 Å². The van der Waals surface area contributed by atoms with E-state index < -0.39 is 0 Å². The van der Waals surface area contributed by atoms with E-state index in [0.29, 0.717) is 6.61 Å². The van der Waals surface area contributed by atoms with Gasteiger partial charge in [0, 0.05) is 16.1 Å². The Morgan fingerprint density at radius 3 is 2.84 bits per heavy atom. The van der Waals surface area contributed by atoms with E-state index >= 15 is 0 Å². The number of hydrogen-bond donors (Lipinski definition) is 1. The molecule has 0 spiro atoms. The zero-order valence-corrected chi connectivity index (χ0v) is 13.4. The van der Waals surface area contributed by atoms with Crippen molar-refractivity contribution >= 4 is 15.9 Å². The predicted octanol–water partition coefficient (Wildman–Crippen LogP) is 3.81. The SMILES string of the molecule is CC(N)c1ccc(Br)cc1OCC1CCC(C)(C)O1. The van der Waals surface area contributed by atoms with E-state index in [1.165, 1.54) is 0 Å². The molecule has 1 aliphatic heterocycles. The Bertz CT molecular complexity index is 446. The van der Waals surface area contributed by atoms with E-state index in [4.69, 9.17) is 15.2 Å². The summed E-state index contributed by atoms with van der Waals surface area (Å²) in [6.07, 6.45) is 2.31. The van der Waals surface area contributed by atoms with Gasteiger partial charge in [-0.2, -0.15) is 0 Å². The van der Waals surface area contributed by atoms with Gasteiger partial charge in [0.25, 0.3) is 0 Å². The van der Waals surface area contributed by atoms with Crippen LogP contribution < -0.4 is 10.5 Å². The maximum atomic E-state index is 5.96. The minimum atomic E-state index is -0.0379. The van der Waals surface area contributed by atoms with Gasteiger partial charge in [-0.15, -0.1) is 0 Å². The molecule has 0 amide bonds. The third-order valence-corrected chi connectivity index (χ3v) is 3.94. The molecule has 1 heterocycles. The fraction of sp³-hybridized carbons (Fsp3) is 0.600. The van der Waals surface area contributed by atoms with Crippen molar-refractivity contribution in [2.75, 3.05) is 6.61 Å². The van der Waals surface area contributed by atoms with Gasteiger partial charge < -0.3 is 15.2 Å². The van der Waals surface area contributed by atoms with Crippen molar-refractivity contribution in [2.45, 2.75) is 51.4 Å². The van der Waals surface area contributed by atoms with Crippen molar-refractivity contribution in [3.05, 3.63) is 28.2 Å². The second kappa shape index (κ2) is 5.81. The summed E-state index contributed by atoms with van der Waals surface area (Å²) in [6.45, 7) is 6.80. The van der Waals surface area contributed by atoms with Gasteiger partial charge in [-0.05, 0) is 45.7 Å². The first-order valence-corrected chi connectivity index (χ1v) is 7.52. The number of ether oxygens (including phenoxy) is 2. The second-order valence-electron chi connectivity index (χ2n) is 5.82. The first kappa shape index (κ1) is 14.8. The van der Waals surface area contributed by atoms with Crippen molar-refractivity contribution in [1.82, 2.24) is 0 Å². The highest BCUT2D eigenvalue weighted by atomic mass is 79.9. The van der Waals surface area contributed by atoms with Gasteiger partial charge in [0.05, 0.1) is 11.7 Å². The van der Waals surface area contributed by atoms with Crippen LogP contribution in [0.3, 0.4) is 0 Å². The zero-order chi connectivity index (χ0) is 14.0. The molecule has 1 aromatic carbocycles. The maximum absolute atomic E-state index is 5.96. The fourth-order valence-electron chi connectivity index (χ4n) is 2.39. The molecule has 19 heavy (non-hydrogen) atoms. The van der Waals surface area contributed by atoms with Crippen LogP contribution in [0, 0.1) is 0 Å². The predicted molar refractivity (Wildman–Crippen MR) is 80.4 cm³/mol. The van der Waals surface area contributed by atoms with Crippen LogP contribution in [-0.4, -0.2) is 18.3 Å². The van der Waals surface area contributed by atoms with Crippen LogP contribution in [0.2, 0.25) is 0 Å². The Balaban J connectivity index is 2.01. The third-order valence-electron chi connectivity index (χ3n) is 3.44. The molecule has 1 aromatic rings. The molecule has 0 bridgehead atoms. The summed E-state index contributed by atoms with van der Waals surface area (Å²) in [5, 5.41) is 0. The molecule has 0 aromatic heterocycles. The number of hydrogen-bond acceptors (Lipinski definition) is 3. The average molecular weight is 328 g/mol. The Kier molecular flexibility index (Phi) is 4.54. The highest BCUT2D eigenvalue weighted by Crippen LogP contribution is 2.31. The minimum Gasteiger partial charge on any atom is -0.490 e. The van der Waals surface area contributed by atoms with E-state index in [9.17, 15) is 0 Å². The van der Waals surface area contributed by atoms with Gasteiger partial charge in [0.15, 0.2) is 0 Å². The molecule has 3 nitrogen and oxygen atoms in total. The lowest BCUT2D eigenvalue weighted by molar-refractivity contribution is -0.0328. The summed E-state index contributed by atoms with van der Waals surface area (Å²) >= 11 is 3.46. The molecular formula is C15H22BrNO2. The summed E-state index contributed by atoms with van der Waals surface area (Å²) in [4.78, 5) is 0. The van der Waals surface area contributed by atoms with Gasteiger partial charge in [-0.1, -0.05) is 22.0 Å². The first-order valence-electron chi connectivity index (χ1n) is 6.73. The van der Waals surface area contributed by atoms with Crippen molar-refractivity contribution in [1.29, 1.82) is 0 Å². The number of halogens is 1. The summed E-state index contributed by atoms with van der Waals surface area (Å²) in [5.41, 5.74) is 6.97. The smallest absolute Gasteiger partial charge is 0.125 e. The fourth-order valence-corrected chi connectivity index (χ4v) is 2.73. The largest absolute Gasteiger partial charge is 0.490 e. The maximum Gasteiger partial charge on any atom is 0.125 e. The lowest BCUT2D eigenvalue weighted by atomic mass is 10.1. The van der Waals surface area contributed by atoms with Gasteiger partial charge in [-0.3, -0.25) is 0 Å². The Labute approximate surface area is 123 Å². The molecule has 1 saturated heterocycles. The van der Waals surface area contributed by atoms with Crippen LogP contribution in [0.15, 0.2) is 22.7 Å². The van der Waals surface area contributed by atoms with Crippen LogP contribution in [0.5, 0.6) is 5.75 Å². The summed E-state index contributed by atoms with van der Waals surface area (Å²) in [7, 11) is 0. The first-order chi connectivity index (χ1) is 8.87. The summed E-state index contributed by atoms with van der Waals surface area (Å²) in [5.74, 6) is 0.845. The molecule has 0 aliphatic carbocycles. The molecule has 1 fully saturated rings. The molecule has 2 N–H and O–H groups in total. The monoisotopic (exact) mass is 327 g/mol. The molecular weight excluding hydrogens is 306 g/mol. The van der Waals surface area contributed by atoms with Crippen LogP contribution in [0.25, 0.3) is 0 Å². The highest BCUT2D eigenvalue weighted by molar-refractivity contribution is 9.10. The normalized spacial score (nSPS) is 23.3. The van der Waals surface area contributed by atoms with Crippen LogP contribution in [-0.2, 0) is 4.74 Å². The molecule has 2 unspecified atom stereocenters. The van der Waals surface area contributed by atoms with Gasteiger partial charge in [0.2, 0.25) is 0 Å². The second-order valence-corrected chi connectivity index (χ2v) is 6.74. The molecule has 1 aliphatic rings. The van der Waals surface area contributed by atoms with Crippen molar-refractivity contribution < 1.29 is 9.47 Å². The number of rotatable bonds is 4. The van der Waals surface area contributed by atoms with Gasteiger partial charge >= 0.3 is 0 Å². The van der Waals surface area contributed by atoms with Crippen LogP contribution in [0.4, 0.5) is 0 Å². The van der Waals surface area contributed by atoms with E-state index in [1.54, 1.807) is 0 Å². The number of nitrogens with two attached hydrogens (primary N) is 1. The molecule has 0 radical (unpaired) electrons.